The van der Waals surface area contributed by atoms with E-state index in [1.54, 1.807) is 6.07 Å². The first kappa shape index (κ1) is 15.7. The Balaban J connectivity index is 1.96. The van der Waals surface area contributed by atoms with Crippen LogP contribution < -0.4 is 10.6 Å². The summed E-state index contributed by atoms with van der Waals surface area (Å²) in [6.45, 7) is 2.17. The largest absolute Gasteiger partial charge is 0.358 e. The van der Waals surface area contributed by atoms with Gasteiger partial charge in [0.2, 0.25) is 0 Å². The molecule has 2 nitrogen and oxygen atoms in total. The van der Waals surface area contributed by atoms with Crippen molar-refractivity contribution in [2.45, 2.75) is 13.5 Å². The quantitative estimate of drug-likeness (QED) is 0.817. The van der Waals surface area contributed by atoms with Gasteiger partial charge < -0.3 is 10.6 Å². The number of thiocarbonyl (C=S) groups is 1. The molecule has 0 atom stereocenters. The number of anilines is 1. The minimum atomic E-state index is -0.876. The van der Waals surface area contributed by atoms with Crippen molar-refractivity contribution in [3.05, 3.63) is 64.2 Å². The Hall–Kier alpha value is -1.72. The first-order valence-corrected chi connectivity index (χ1v) is 7.00. The zero-order valence-electron chi connectivity index (χ0n) is 11.2. The van der Waals surface area contributed by atoms with Crippen molar-refractivity contribution in [2.75, 3.05) is 5.32 Å². The van der Waals surface area contributed by atoms with E-state index in [-0.39, 0.29) is 0 Å². The molecule has 0 aliphatic heterocycles. The molecule has 21 heavy (non-hydrogen) atoms. The van der Waals surface area contributed by atoms with Gasteiger partial charge >= 0.3 is 0 Å². The number of benzene rings is 2. The van der Waals surface area contributed by atoms with Crippen LogP contribution in [-0.2, 0) is 6.54 Å². The molecule has 6 heteroatoms. The summed E-state index contributed by atoms with van der Waals surface area (Å²) in [7, 11) is 0. The van der Waals surface area contributed by atoms with Crippen LogP contribution in [0.5, 0.6) is 0 Å². The first-order valence-electron chi connectivity index (χ1n) is 6.21. The fourth-order valence-electron chi connectivity index (χ4n) is 1.74. The Morgan fingerprint density at radius 1 is 1.19 bits per heavy atom. The molecule has 0 fully saturated rings. The zero-order valence-corrected chi connectivity index (χ0v) is 12.8. The molecular weight excluding hydrogens is 314 g/mol. The summed E-state index contributed by atoms with van der Waals surface area (Å²) in [5.74, 6) is -1.74. The highest BCUT2D eigenvalue weighted by molar-refractivity contribution is 7.80. The molecule has 0 radical (unpaired) electrons. The Kier molecular flexibility index (Phi) is 5.09. The van der Waals surface area contributed by atoms with Crippen molar-refractivity contribution in [2.24, 2.45) is 0 Å². The van der Waals surface area contributed by atoms with E-state index in [2.05, 4.69) is 10.6 Å². The topological polar surface area (TPSA) is 24.1 Å². The minimum absolute atomic E-state index is 0.294. The van der Waals surface area contributed by atoms with Crippen molar-refractivity contribution in [3.63, 3.8) is 0 Å². The number of nitrogens with one attached hydrogen (secondary N) is 2. The van der Waals surface area contributed by atoms with Crippen LogP contribution in [0.15, 0.2) is 36.4 Å². The summed E-state index contributed by atoms with van der Waals surface area (Å²) in [5, 5.41) is 6.97. The van der Waals surface area contributed by atoms with Gasteiger partial charge in [-0.05, 0) is 54.5 Å². The predicted octanol–water partition coefficient (Wildman–Crippen LogP) is 4.41. The maximum Gasteiger partial charge on any atom is 0.171 e. The van der Waals surface area contributed by atoms with E-state index >= 15 is 0 Å². The lowest BCUT2D eigenvalue weighted by molar-refractivity contribution is 0.507. The smallest absolute Gasteiger partial charge is 0.171 e. The second kappa shape index (κ2) is 6.83. The third-order valence-electron chi connectivity index (χ3n) is 2.95. The van der Waals surface area contributed by atoms with E-state index in [0.29, 0.717) is 22.2 Å². The highest BCUT2D eigenvalue weighted by atomic mass is 35.5. The zero-order chi connectivity index (χ0) is 15.4. The van der Waals surface area contributed by atoms with Crippen LogP contribution in [-0.4, -0.2) is 5.11 Å². The molecule has 0 bridgehead atoms. The van der Waals surface area contributed by atoms with E-state index in [9.17, 15) is 8.78 Å². The molecule has 2 N–H and O–H groups in total. The van der Waals surface area contributed by atoms with Gasteiger partial charge in [0.25, 0.3) is 0 Å². The normalized spacial score (nSPS) is 10.3. The second-order valence-corrected chi connectivity index (χ2v) is 5.28. The average Bonchev–Trinajstić information content (AvgIpc) is 2.45. The number of rotatable bonds is 3. The number of hydrogen-bond acceptors (Lipinski definition) is 1. The third kappa shape index (κ3) is 4.12. The van der Waals surface area contributed by atoms with Gasteiger partial charge in [0.15, 0.2) is 16.7 Å². The Morgan fingerprint density at radius 3 is 2.67 bits per heavy atom. The van der Waals surface area contributed by atoms with Gasteiger partial charge in [-0.1, -0.05) is 23.7 Å². The second-order valence-electron chi connectivity index (χ2n) is 4.47. The fourth-order valence-corrected chi connectivity index (χ4v) is 2.10. The maximum atomic E-state index is 13.1. The summed E-state index contributed by atoms with van der Waals surface area (Å²) < 4.78 is 25.9. The molecule has 0 saturated carbocycles. The van der Waals surface area contributed by atoms with E-state index in [1.165, 1.54) is 6.07 Å². The highest BCUT2D eigenvalue weighted by Gasteiger charge is 2.05. The van der Waals surface area contributed by atoms with Crippen molar-refractivity contribution < 1.29 is 8.78 Å². The lowest BCUT2D eigenvalue weighted by atomic mass is 10.2. The van der Waals surface area contributed by atoms with Gasteiger partial charge in [0.1, 0.15) is 0 Å². The van der Waals surface area contributed by atoms with Crippen molar-refractivity contribution in [1.29, 1.82) is 0 Å². The van der Waals surface area contributed by atoms with Crippen molar-refractivity contribution in [1.82, 2.24) is 5.32 Å². The summed E-state index contributed by atoms with van der Waals surface area (Å²) in [6.07, 6.45) is 0. The molecule has 0 heterocycles. The Bertz CT molecular complexity index is 677. The molecule has 0 unspecified atom stereocenters. The lowest BCUT2D eigenvalue weighted by Gasteiger charge is -2.13. The maximum absolute atomic E-state index is 13.1. The van der Waals surface area contributed by atoms with Gasteiger partial charge in [-0.2, -0.15) is 0 Å². The molecule has 0 aliphatic rings. The van der Waals surface area contributed by atoms with Gasteiger partial charge in [-0.25, -0.2) is 8.78 Å². The van der Waals surface area contributed by atoms with Crippen LogP contribution in [0.4, 0.5) is 14.5 Å². The molecule has 2 rings (SSSR count). The summed E-state index contributed by atoms with van der Waals surface area (Å²) >= 11 is 11.2. The molecule has 110 valence electrons. The van der Waals surface area contributed by atoms with E-state index < -0.39 is 11.6 Å². The molecule has 0 aromatic heterocycles. The molecular formula is C15H13ClF2N2S. The van der Waals surface area contributed by atoms with E-state index in [4.69, 9.17) is 23.8 Å². The van der Waals surface area contributed by atoms with Crippen LogP contribution in [0.3, 0.4) is 0 Å². The monoisotopic (exact) mass is 326 g/mol. The number of halogens is 3. The molecule has 2 aromatic rings. The summed E-state index contributed by atoms with van der Waals surface area (Å²) in [4.78, 5) is 0. The van der Waals surface area contributed by atoms with Crippen LogP contribution in [0.2, 0.25) is 5.02 Å². The standard InChI is InChI=1S/C15H13ClF2N2S/c1-9-11(16)3-2-4-14(9)20-15(21)19-8-10-5-6-12(17)13(18)7-10/h2-7H,8H2,1H3,(H2,19,20,21). The molecule has 0 spiro atoms. The van der Waals surface area contributed by atoms with Crippen LogP contribution in [0.25, 0.3) is 0 Å². The van der Waals surface area contributed by atoms with Gasteiger partial charge in [-0.3, -0.25) is 0 Å². The van der Waals surface area contributed by atoms with Crippen molar-refractivity contribution >= 4 is 34.6 Å². The highest BCUT2D eigenvalue weighted by Crippen LogP contribution is 2.22. The van der Waals surface area contributed by atoms with Gasteiger partial charge in [0, 0.05) is 17.3 Å². The predicted molar refractivity (Wildman–Crippen MR) is 85.6 cm³/mol. The molecule has 0 aliphatic carbocycles. The summed E-state index contributed by atoms with van der Waals surface area (Å²) in [5.41, 5.74) is 2.28. The number of hydrogen-bond donors (Lipinski definition) is 2. The van der Waals surface area contributed by atoms with Gasteiger partial charge in [-0.15, -0.1) is 0 Å². The summed E-state index contributed by atoms with van der Waals surface area (Å²) in [6, 6.07) is 9.18. The first-order chi connectivity index (χ1) is 9.97. The average molecular weight is 327 g/mol. The fraction of sp³-hybridized carbons (Fsp3) is 0.133. The molecule has 0 amide bonds. The van der Waals surface area contributed by atoms with Gasteiger partial charge in [0.05, 0.1) is 0 Å². The minimum Gasteiger partial charge on any atom is -0.358 e. The van der Waals surface area contributed by atoms with Crippen LogP contribution in [0, 0.1) is 18.6 Å². The van der Waals surface area contributed by atoms with E-state index in [0.717, 1.165) is 23.4 Å². The Morgan fingerprint density at radius 2 is 1.95 bits per heavy atom. The molecule has 2 aromatic carbocycles. The SMILES string of the molecule is Cc1c(Cl)cccc1NC(=S)NCc1ccc(F)c(F)c1. The van der Waals surface area contributed by atoms with Crippen LogP contribution in [0.1, 0.15) is 11.1 Å². The lowest BCUT2D eigenvalue weighted by Crippen LogP contribution is -2.28. The third-order valence-corrected chi connectivity index (χ3v) is 3.61. The van der Waals surface area contributed by atoms with E-state index in [1.807, 2.05) is 19.1 Å². The Labute approximate surface area is 132 Å². The molecule has 0 saturated heterocycles. The van der Waals surface area contributed by atoms with Crippen LogP contribution >= 0.6 is 23.8 Å². The van der Waals surface area contributed by atoms with Crippen molar-refractivity contribution in [3.8, 4) is 0 Å².